The first-order chi connectivity index (χ1) is 13.8. The Kier molecular flexibility index (Phi) is 14.6. The Morgan fingerprint density at radius 2 is 1.55 bits per heavy atom. The van der Waals surface area contributed by atoms with E-state index in [-0.39, 0.29) is 33.1 Å². The van der Waals surface area contributed by atoms with Gasteiger partial charge in [0, 0.05) is 0 Å². The molecule has 1 saturated heterocycles. The Morgan fingerprint density at radius 3 is 1.88 bits per heavy atom. The van der Waals surface area contributed by atoms with Crippen LogP contribution in [0.25, 0.3) is 0 Å². The molecule has 0 aromatic carbocycles. The van der Waals surface area contributed by atoms with Gasteiger partial charge in [-0.3, -0.25) is 4.90 Å². The molecular weight excluding hydrogens is 424 g/mol. The van der Waals surface area contributed by atoms with Gasteiger partial charge in [0.05, 0.1) is 24.3 Å². The maximum Gasteiger partial charge on any atom is 0.413 e. The number of aliphatic hydroxyl groups is 1. The van der Waals surface area contributed by atoms with Crippen molar-refractivity contribution < 1.29 is 28.9 Å². The summed E-state index contributed by atoms with van der Waals surface area (Å²) in [5.41, 5.74) is -1.71. The van der Waals surface area contributed by atoms with Crippen molar-refractivity contribution in [3.05, 3.63) is 25.3 Å². The molecule has 8 nitrogen and oxygen atoms in total. The topological polar surface area (TPSA) is 97.3 Å². The summed E-state index contributed by atoms with van der Waals surface area (Å²) < 4.78 is 16.2. The van der Waals surface area contributed by atoms with E-state index in [2.05, 4.69) is 18.5 Å². The molecule has 8 heteroatoms. The van der Waals surface area contributed by atoms with Gasteiger partial charge in [0.1, 0.15) is 16.9 Å². The van der Waals surface area contributed by atoms with Crippen LogP contribution in [-0.2, 0) is 14.2 Å². The zero-order chi connectivity index (χ0) is 24.8. The molecule has 0 saturated carbocycles. The van der Waals surface area contributed by atoms with Crippen LogP contribution in [0.2, 0.25) is 0 Å². The minimum atomic E-state index is -0.681. The van der Waals surface area contributed by atoms with Crippen LogP contribution >= 0.6 is 0 Å². The molecule has 0 aliphatic carbocycles. The second-order valence-electron chi connectivity index (χ2n) is 9.99. The molecule has 0 radical (unpaired) electrons. The van der Waals surface area contributed by atoms with Crippen molar-refractivity contribution in [2.24, 2.45) is 0 Å². The number of carbonyl (C=O) groups excluding carboxylic acids is 2. The fourth-order valence-electron chi connectivity index (χ4n) is 2.92. The van der Waals surface area contributed by atoms with Crippen molar-refractivity contribution in [3.63, 3.8) is 0 Å². The van der Waals surface area contributed by atoms with E-state index >= 15 is 0 Å². The molecule has 1 rings (SSSR count). The molecule has 1 aliphatic heterocycles. The number of ether oxygens (including phenoxy) is 3. The first-order valence-electron chi connectivity index (χ1n) is 10.5. The molecule has 0 unspecified atom stereocenters. The van der Waals surface area contributed by atoms with Crippen molar-refractivity contribution >= 4 is 12.2 Å². The van der Waals surface area contributed by atoms with Gasteiger partial charge in [0.25, 0.3) is 0 Å². The summed E-state index contributed by atoms with van der Waals surface area (Å²) in [6.07, 6.45) is 1.52. The zero-order valence-corrected chi connectivity index (χ0v) is 20.8. The summed E-state index contributed by atoms with van der Waals surface area (Å²) in [5, 5.41) is 11.7. The summed E-state index contributed by atoms with van der Waals surface area (Å²) in [7, 11) is 0. The number of nitrogens with zero attached hydrogens (tertiary/aromatic N) is 1. The molecule has 33 heavy (non-hydrogen) atoms. The first-order valence-corrected chi connectivity index (χ1v) is 10.5. The molecule has 2 amide bonds. The summed E-state index contributed by atoms with van der Waals surface area (Å²) in [6.45, 7) is 25.4. The van der Waals surface area contributed by atoms with Crippen LogP contribution in [0.15, 0.2) is 25.3 Å². The van der Waals surface area contributed by atoms with Crippen LogP contribution in [0.5, 0.6) is 0 Å². The standard InChI is InChI=1S/C13H23NO3.C10H19NO3.2CH4/c1-8-10-9(2)16-13(6,7)14(10)11(15)17-12(3,4)5;1-6-8(7(2)12)11-9(13)14-10(3,4)5;;/h8-10H,1H2,2-7H3;6-8,12H,1H2,2-5H3,(H,11,13);2*1H4/t9-,10-;7-,8-;;/m11../s1. The molecule has 1 heterocycles. The summed E-state index contributed by atoms with van der Waals surface area (Å²) in [6, 6.07) is -0.635. The lowest BCUT2D eigenvalue weighted by molar-refractivity contribution is -0.0752. The number of alkyl carbamates (subject to hydrolysis) is 1. The summed E-state index contributed by atoms with van der Waals surface area (Å²) in [5.74, 6) is 0. The quantitative estimate of drug-likeness (QED) is 0.511. The van der Waals surface area contributed by atoms with Crippen LogP contribution in [0.3, 0.4) is 0 Å². The van der Waals surface area contributed by atoms with E-state index in [0.29, 0.717) is 0 Å². The number of hydrogen-bond donors (Lipinski definition) is 2. The van der Waals surface area contributed by atoms with Gasteiger partial charge >= 0.3 is 12.2 Å². The van der Waals surface area contributed by atoms with Crippen LogP contribution < -0.4 is 5.32 Å². The van der Waals surface area contributed by atoms with Crippen molar-refractivity contribution in [3.8, 4) is 0 Å². The van der Waals surface area contributed by atoms with E-state index in [1.165, 1.54) is 6.08 Å². The van der Waals surface area contributed by atoms with Gasteiger partial charge in [-0.2, -0.15) is 0 Å². The fraction of sp³-hybridized carbons (Fsp3) is 0.760. The van der Waals surface area contributed by atoms with E-state index in [1.807, 2.05) is 41.5 Å². The minimum absolute atomic E-state index is 0. The van der Waals surface area contributed by atoms with Crippen LogP contribution in [0.1, 0.15) is 84.1 Å². The van der Waals surface area contributed by atoms with E-state index in [9.17, 15) is 14.7 Å². The molecule has 4 atom stereocenters. The number of aliphatic hydroxyl groups excluding tert-OH is 1. The van der Waals surface area contributed by atoms with Crippen molar-refractivity contribution in [1.29, 1.82) is 0 Å². The van der Waals surface area contributed by atoms with Crippen molar-refractivity contribution in [2.75, 3.05) is 0 Å². The van der Waals surface area contributed by atoms with Crippen molar-refractivity contribution in [1.82, 2.24) is 10.2 Å². The molecule has 0 aromatic heterocycles. The lowest BCUT2D eigenvalue weighted by atomic mass is 10.1. The molecule has 0 bridgehead atoms. The second kappa shape index (κ2) is 13.6. The maximum absolute atomic E-state index is 12.2. The molecular formula is C25H50N2O6. The number of rotatable bonds is 4. The Hall–Kier alpha value is -2.06. The van der Waals surface area contributed by atoms with E-state index in [0.717, 1.165) is 0 Å². The average Bonchev–Trinajstić information content (AvgIpc) is 2.77. The highest BCUT2D eigenvalue weighted by molar-refractivity contribution is 5.70. The lowest BCUT2D eigenvalue weighted by Gasteiger charge is -2.34. The van der Waals surface area contributed by atoms with Gasteiger partial charge in [-0.15, -0.1) is 13.2 Å². The van der Waals surface area contributed by atoms with Crippen LogP contribution in [-0.4, -0.2) is 63.4 Å². The van der Waals surface area contributed by atoms with E-state index < -0.39 is 35.2 Å². The van der Waals surface area contributed by atoms with E-state index in [4.69, 9.17) is 14.2 Å². The monoisotopic (exact) mass is 474 g/mol. The molecule has 196 valence electrons. The highest BCUT2D eigenvalue weighted by atomic mass is 16.6. The van der Waals surface area contributed by atoms with Crippen LogP contribution in [0.4, 0.5) is 9.59 Å². The van der Waals surface area contributed by atoms with E-state index in [1.54, 1.807) is 38.7 Å². The first kappa shape index (κ1) is 35.5. The fourth-order valence-corrected chi connectivity index (χ4v) is 2.92. The molecule has 1 aliphatic rings. The predicted octanol–water partition coefficient (Wildman–Crippen LogP) is 5.65. The largest absolute Gasteiger partial charge is 0.444 e. The van der Waals surface area contributed by atoms with Gasteiger partial charge in [-0.1, -0.05) is 27.0 Å². The lowest BCUT2D eigenvalue weighted by Crippen LogP contribution is -2.49. The van der Waals surface area contributed by atoms with Gasteiger partial charge < -0.3 is 24.6 Å². The number of nitrogens with one attached hydrogen (secondary N) is 1. The Balaban J connectivity index is -0.000000524. The van der Waals surface area contributed by atoms with Crippen molar-refractivity contribution in [2.45, 2.75) is 125 Å². The Labute approximate surface area is 202 Å². The highest BCUT2D eigenvalue weighted by Crippen LogP contribution is 2.33. The zero-order valence-electron chi connectivity index (χ0n) is 20.8. The summed E-state index contributed by atoms with van der Waals surface area (Å²) in [4.78, 5) is 25.0. The third kappa shape index (κ3) is 12.7. The molecule has 1 fully saturated rings. The second-order valence-corrected chi connectivity index (χ2v) is 9.99. The maximum atomic E-state index is 12.2. The third-order valence-corrected chi connectivity index (χ3v) is 4.12. The molecule has 0 aromatic rings. The highest BCUT2D eigenvalue weighted by Gasteiger charge is 2.48. The molecule has 0 spiro atoms. The predicted molar refractivity (Wildman–Crippen MR) is 135 cm³/mol. The number of amides is 2. The van der Waals surface area contributed by atoms with Gasteiger partial charge in [-0.25, -0.2) is 9.59 Å². The summed E-state index contributed by atoms with van der Waals surface area (Å²) >= 11 is 0. The third-order valence-electron chi connectivity index (χ3n) is 4.12. The minimum Gasteiger partial charge on any atom is -0.444 e. The number of hydrogen-bond acceptors (Lipinski definition) is 6. The van der Waals surface area contributed by atoms with Gasteiger partial charge in [0.2, 0.25) is 0 Å². The average molecular weight is 475 g/mol. The normalized spacial score (nSPS) is 21.0. The molecule has 2 N–H and O–H groups in total. The smallest absolute Gasteiger partial charge is 0.413 e. The Morgan fingerprint density at radius 1 is 1.09 bits per heavy atom. The Bertz CT molecular complexity index is 632. The SMILES string of the molecule is C.C.C=C[C@@H](NC(=O)OC(C)(C)C)[C@@H](C)O.C=C[C@@H]1[C@@H](C)OC(C)(C)N1C(=O)OC(C)(C)C. The van der Waals surface area contributed by atoms with Gasteiger partial charge in [-0.05, 0) is 69.2 Å². The number of carbonyl (C=O) groups is 2. The van der Waals surface area contributed by atoms with Crippen LogP contribution in [0, 0.1) is 0 Å². The van der Waals surface area contributed by atoms with Gasteiger partial charge in [0.15, 0.2) is 0 Å².